The highest BCUT2D eigenvalue weighted by molar-refractivity contribution is 5.99. The molecule has 130 valence electrons. The zero-order valence-electron chi connectivity index (χ0n) is 14.1. The van der Waals surface area contributed by atoms with Crippen molar-refractivity contribution in [2.24, 2.45) is 5.92 Å². The Balaban J connectivity index is 1.89. The maximum absolute atomic E-state index is 13.1. The summed E-state index contributed by atoms with van der Waals surface area (Å²) in [5.74, 6) is -0.193. The Labute approximate surface area is 145 Å². The largest absolute Gasteiger partial charge is 0.482 e. The molecule has 3 rings (SSSR count). The standard InChI is InChI=1S/C19H19FN2O3/c1-12(2)19(24)21-15-7-8-17-16(9-15)22(18(23)11-25-17)10-13-3-5-14(20)6-4-13/h3-9,12H,10-11H2,1-2H3,(H,21,24). The summed E-state index contributed by atoms with van der Waals surface area (Å²) in [6.45, 7) is 3.87. The first-order chi connectivity index (χ1) is 11.9. The predicted molar refractivity (Wildman–Crippen MR) is 93.0 cm³/mol. The molecule has 6 heteroatoms. The van der Waals surface area contributed by atoms with Crippen molar-refractivity contribution in [3.8, 4) is 5.75 Å². The zero-order chi connectivity index (χ0) is 18.0. The molecule has 2 aromatic rings. The van der Waals surface area contributed by atoms with E-state index in [1.165, 1.54) is 12.1 Å². The Hall–Kier alpha value is -2.89. The van der Waals surface area contributed by atoms with E-state index in [0.717, 1.165) is 5.56 Å². The fraction of sp³-hybridized carbons (Fsp3) is 0.263. The van der Waals surface area contributed by atoms with Crippen LogP contribution in [0, 0.1) is 11.7 Å². The number of ether oxygens (including phenoxy) is 1. The minimum atomic E-state index is -0.323. The lowest BCUT2D eigenvalue weighted by Gasteiger charge is -2.30. The average Bonchev–Trinajstić information content (AvgIpc) is 2.59. The Morgan fingerprint density at radius 3 is 2.64 bits per heavy atom. The average molecular weight is 342 g/mol. The van der Waals surface area contributed by atoms with E-state index in [0.29, 0.717) is 23.7 Å². The van der Waals surface area contributed by atoms with Crippen molar-refractivity contribution in [2.75, 3.05) is 16.8 Å². The molecule has 0 saturated heterocycles. The van der Waals surface area contributed by atoms with Crippen LogP contribution < -0.4 is 15.0 Å². The maximum Gasteiger partial charge on any atom is 0.265 e. The molecule has 5 nitrogen and oxygen atoms in total. The van der Waals surface area contributed by atoms with E-state index in [4.69, 9.17) is 4.74 Å². The number of amides is 2. The molecule has 0 unspecified atom stereocenters. The maximum atomic E-state index is 13.1. The second-order valence-corrected chi connectivity index (χ2v) is 6.22. The summed E-state index contributed by atoms with van der Waals surface area (Å²) in [4.78, 5) is 25.8. The van der Waals surface area contributed by atoms with Gasteiger partial charge in [-0.05, 0) is 35.9 Å². The van der Waals surface area contributed by atoms with Crippen LogP contribution in [0.3, 0.4) is 0 Å². The quantitative estimate of drug-likeness (QED) is 0.927. The van der Waals surface area contributed by atoms with E-state index in [-0.39, 0.29) is 30.2 Å². The van der Waals surface area contributed by atoms with E-state index in [2.05, 4.69) is 5.32 Å². The first-order valence-electron chi connectivity index (χ1n) is 8.06. The molecular formula is C19H19FN2O3. The molecule has 0 atom stereocenters. The number of rotatable bonds is 4. The molecular weight excluding hydrogens is 323 g/mol. The molecule has 2 aromatic carbocycles. The van der Waals surface area contributed by atoms with Crippen molar-refractivity contribution >= 4 is 23.2 Å². The smallest absolute Gasteiger partial charge is 0.265 e. The number of halogens is 1. The third-order valence-corrected chi connectivity index (χ3v) is 3.95. The number of hydrogen-bond donors (Lipinski definition) is 1. The van der Waals surface area contributed by atoms with Gasteiger partial charge in [0.05, 0.1) is 12.2 Å². The Bertz CT molecular complexity index is 803. The number of nitrogens with one attached hydrogen (secondary N) is 1. The Morgan fingerprint density at radius 2 is 1.96 bits per heavy atom. The molecule has 0 bridgehead atoms. The number of anilines is 2. The van der Waals surface area contributed by atoms with Crippen molar-refractivity contribution in [3.63, 3.8) is 0 Å². The summed E-state index contributed by atoms with van der Waals surface area (Å²) in [5.41, 5.74) is 1.99. The summed E-state index contributed by atoms with van der Waals surface area (Å²) < 4.78 is 18.5. The predicted octanol–water partition coefficient (Wildman–Crippen LogP) is 3.35. The summed E-state index contributed by atoms with van der Waals surface area (Å²) >= 11 is 0. The summed E-state index contributed by atoms with van der Waals surface area (Å²) in [5, 5.41) is 2.82. The highest BCUT2D eigenvalue weighted by Crippen LogP contribution is 2.35. The summed E-state index contributed by atoms with van der Waals surface area (Å²) in [6, 6.07) is 11.2. The fourth-order valence-corrected chi connectivity index (χ4v) is 2.51. The zero-order valence-corrected chi connectivity index (χ0v) is 14.1. The van der Waals surface area contributed by atoms with Gasteiger partial charge >= 0.3 is 0 Å². The van der Waals surface area contributed by atoms with Crippen LogP contribution in [0.4, 0.5) is 15.8 Å². The van der Waals surface area contributed by atoms with Gasteiger partial charge in [0.25, 0.3) is 5.91 Å². The summed E-state index contributed by atoms with van der Waals surface area (Å²) in [6.07, 6.45) is 0. The first-order valence-corrected chi connectivity index (χ1v) is 8.06. The molecule has 0 radical (unpaired) electrons. The number of nitrogens with zero attached hydrogens (tertiary/aromatic N) is 1. The minimum Gasteiger partial charge on any atom is -0.482 e. The fourth-order valence-electron chi connectivity index (χ4n) is 2.51. The summed E-state index contributed by atoms with van der Waals surface area (Å²) in [7, 11) is 0. The van der Waals surface area contributed by atoms with Crippen molar-refractivity contribution < 1.29 is 18.7 Å². The third-order valence-electron chi connectivity index (χ3n) is 3.95. The van der Waals surface area contributed by atoms with Gasteiger partial charge < -0.3 is 15.0 Å². The van der Waals surface area contributed by atoms with Gasteiger partial charge in [-0.25, -0.2) is 4.39 Å². The van der Waals surface area contributed by atoms with Gasteiger partial charge in [0.2, 0.25) is 5.91 Å². The second kappa shape index (κ2) is 6.93. The third kappa shape index (κ3) is 3.79. The van der Waals surface area contributed by atoms with E-state index in [9.17, 15) is 14.0 Å². The molecule has 0 spiro atoms. The van der Waals surface area contributed by atoms with Crippen LogP contribution in [0.2, 0.25) is 0 Å². The van der Waals surface area contributed by atoms with E-state index in [1.807, 2.05) is 0 Å². The number of carbonyl (C=O) groups excluding carboxylic acids is 2. The van der Waals surface area contributed by atoms with Crippen LogP contribution in [-0.2, 0) is 16.1 Å². The van der Waals surface area contributed by atoms with Crippen LogP contribution in [0.5, 0.6) is 5.75 Å². The number of fused-ring (bicyclic) bond motifs is 1. The lowest BCUT2D eigenvalue weighted by atomic mass is 10.1. The van der Waals surface area contributed by atoms with Gasteiger partial charge in [-0.3, -0.25) is 9.59 Å². The molecule has 0 saturated carbocycles. The molecule has 1 N–H and O–H groups in total. The normalized spacial score (nSPS) is 13.4. The monoisotopic (exact) mass is 342 g/mol. The number of carbonyl (C=O) groups is 2. The molecule has 1 heterocycles. The topological polar surface area (TPSA) is 58.6 Å². The van der Waals surface area contributed by atoms with Gasteiger partial charge in [-0.1, -0.05) is 26.0 Å². The van der Waals surface area contributed by atoms with Crippen molar-refractivity contribution in [1.29, 1.82) is 0 Å². The molecule has 2 amide bonds. The lowest BCUT2D eigenvalue weighted by molar-refractivity contribution is -0.121. The number of benzene rings is 2. The van der Waals surface area contributed by atoms with E-state index < -0.39 is 0 Å². The van der Waals surface area contributed by atoms with Gasteiger partial charge in [-0.2, -0.15) is 0 Å². The number of hydrogen-bond acceptors (Lipinski definition) is 3. The lowest BCUT2D eigenvalue weighted by Crippen LogP contribution is -2.38. The molecule has 0 fully saturated rings. The Morgan fingerprint density at radius 1 is 1.24 bits per heavy atom. The van der Waals surface area contributed by atoms with Crippen molar-refractivity contribution in [3.05, 3.63) is 53.8 Å². The van der Waals surface area contributed by atoms with Crippen LogP contribution >= 0.6 is 0 Å². The second-order valence-electron chi connectivity index (χ2n) is 6.22. The molecule has 1 aliphatic rings. The Kier molecular flexibility index (Phi) is 4.70. The van der Waals surface area contributed by atoms with E-state index >= 15 is 0 Å². The van der Waals surface area contributed by atoms with Gasteiger partial charge in [0.1, 0.15) is 11.6 Å². The van der Waals surface area contributed by atoms with Crippen molar-refractivity contribution in [1.82, 2.24) is 0 Å². The SMILES string of the molecule is CC(C)C(=O)Nc1ccc2c(c1)N(Cc1ccc(F)cc1)C(=O)CO2. The van der Waals surface area contributed by atoms with Gasteiger partial charge in [0.15, 0.2) is 6.61 Å². The van der Waals surface area contributed by atoms with Gasteiger partial charge in [0, 0.05) is 11.6 Å². The molecule has 0 aromatic heterocycles. The van der Waals surface area contributed by atoms with Crippen LogP contribution in [0.25, 0.3) is 0 Å². The van der Waals surface area contributed by atoms with Crippen LogP contribution in [0.15, 0.2) is 42.5 Å². The van der Waals surface area contributed by atoms with Crippen molar-refractivity contribution in [2.45, 2.75) is 20.4 Å². The van der Waals surface area contributed by atoms with Crippen LogP contribution in [0.1, 0.15) is 19.4 Å². The highest BCUT2D eigenvalue weighted by atomic mass is 19.1. The van der Waals surface area contributed by atoms with E-state index in [1.54, 1.807) is 49.1 Å². The van der Waals surface area contributed by atoms with Crippen LogP contribution in [-0.4, -0.2) is 18.4 Å². The van der Waals surface area contributed by atoms with Gasteiger partial charge in [-0.15, -0.1) is 0 Å². The molecule has 1 aliphatic heterocycles. The molecule has 25 heavy (non-hydrogen) atoms. The highest BCUT2D eigenvalue weighted by Gasteiger charge is 2.26. The molecule has 0 aliphatic carbocycles. The minimum absolute atomic E-state index is 0.0497. The first kappa shape index (κ1) is 17.0.